The van der Waals surface area contributed by atoms with E-state index in [1.165, 1.54) is 35.5 Å². The summed E-state index contributed by atoms with van der Waals surface area (Å²) in [5.74, 6) is -0.0876. The van der Waals surface area contributed by atoms with Crippen molar-refractivity contribution >= 4 is 28.9 Å². The molecule has 0 aliphatic carbocycles. The monoisotopic (exact) mass is 387 g/mol. The van der Waals surface area contributed by atoms with Crippen LogP contribution in [0.25, 0.3) is 5.69 Å². The first kappa shape index (κ1) is 18.3. The van der Waals surface area contributed by atoms with Crippen LogP contribution in [0.3, 0.4) is 0 Å². The number of amides is 1. The van der Waals surface area contributed by atoms with E-state index in [-0.39, 0.29) is 16.9 Å². The number of nitrogens with zero attached hydrogens (tertiary/aromatic N) is 4. The van der Waals surface area contributed by atoms with Crippen LogP contribution in [0.5, 0.6) is 5.75 Å². The molecule has 0 saturated heterocycles. The molecular weight excluding hydrogens is 374 g/mol. The number of ether oxygens (including phenoxy) is 1. The molecule has 0 aliphatic rings. The number of nitro benzene ring substituents is 1. The summed E-state index contributed by atoms with van der Waals surface area (Å²) in [6, 6.07) is 8.89. The van der Waals surface area contributed by atoms with E-state index in [2.05, 4.69) is 15.4 Å². The molecule has 0 fully saturated rings. The van der Waals surface area contributed by atoms with Gasteiger partial charge in [-0.3, -0.25) is 14.9 Å². The molecule has 1 amide bonds. The molecule has 3 rings (SSSR count). The van der Waals surface area contributed by atoms with Gasteiger partial charge >= 0.3 is 0 Å². The summed E-state index contributed by atoms with van der Waals surface area (Å²) in [7, 11) is 0. The third-order valence-electron chi connectivity index (χ3n) is 3.59. The van der Waals surface area contributed by atoms with Crippen molar-refractivity contribution in [3.8, 4) is 11.4 Å². The molecule has 3 aromatic rings. The maximum atomic E-state index is 12.6. The van der Waals surface area contributed by atoms with Crippen LogP contribution in [0.15, 0.2) is 49.1 Å². The van der Waals surface area contributed by atoms with E-state index in [9.17, 15) is 14.9 Å². The number of nitro groups is 1. The number of aromatic nitrogens is 3. The minimum absolute atomic E-state index is 0.105. The fourth-order valence-corrected chi connectivity index (χ4v) is 2.59. The number of hydrogen-bond donors (Lipinski definition) is 1. The lowest BCUT2D eigenvalue weighted by atomic mass is 10.1. The number of rotatable bonds is 6. The van der Waals surface area contributed by atoms with Crippen molar-refractivity contribution in [1.82, 2.24) is 14.8 Å². The first-order valence-electron chi connectivity index (χ1n) is 7.86. The van der Waals surface area contributed by atoms with Crippen LogP contribution in [-0.2, 0) is 0 Å². The topological polar surface area (TPSA) is 112 Å². The standard InChI is InChI=1S/C17H14ClN5O4/c1-2-27-16-6-4-12(18)8-13(16)21-17(24)11-3-5-14(15(7-11)23(25)26)22-10-19-9-20-22/h3-10H,2H2,1H3,(H,21,24). The number of carbonyl (C=O) groups is 1. The first-order chi connectivity index (χ1) is 13.0. The van der Waals surface area contributed by atoms with E-state index in [4.69, 9.17) is 16.3 Å². The van der Waals surface area contributed by atoms with Crippen LogP contribution in [0.4, 0.5) is 11.4 Å². The summed E-state index contributed by atoms with van der Waals surface area (Å²) in [6.45, 7) is 2.22. The van der Waals surface area contributed by atoms with Gasteiger partial charge < -0.3 is 10.1 Å². The zero-order valence-corrected chi connectivity index (χ0v) is 14.9. The highest BCUT2D eigenvalue weighted by Crippen LogP contribution is 2.29. The van der Waals surface area contributed by atoms with Gasteiger partial charge in [0.25, 0.3) is 11.6 Å². The molecule has 9 nitrogen and oxygen atoms in total. The molecule has 0 saturated carbocycles. The molecule has 1 heterocycles. The number of nitrogens with one attached hydrogen (secondary N) is 1. The third-order valence-corrected chi connectivity index (χ3v) is 3.82. The smallest absolute Gasteiger partial charge is 0.295 e. The Bertz CT molecular complexity index is 991. The zero-order valence-electron chi connectivity index (χ0n) is 14.1. The molecular formula is C17H14ClN5O4. The quantitative estimate of drug-likeness (QED) is 0.511. The van der Waals surface area contributed by atoms with Crippen molar-refractivity contribution in [2.45, 2.75) is 6.92 Å². The van der Waals surface area contributed by atoms with Crippen LogP contribution >= 0.6 is 11.6 Å². The summed E-state index contributed by atoms with van der Waals surface area (Å²) < 4.78 is 6.71. The van der Waals surface area contributed by atoms with Gasteiger partial charge in [0.15, 0.2) is 0 Å². The van der Waals surface area contributed by atoms with Gasteiger partial charge in [-0.15, -0.1) is 0 Å². The van der Waals surface area contributed by atoms with E-state index < -0.39 is 10.8 Å². The molecule has 2 aromatic carbocycles. The molecule has 0 radical (unpaired) electrons. The maximum Gasteiger partial charge on any atom is 0.295 e. The number of halogens is 1. The van der Waals surface area contributed by atoms with Crippen molar-refractivity contribution in [3.63, 3.8) is 0 Å². The van der Waals surface area contributed by atoms with Gasteiger partial charge in [-0.25, -0.2) is 9.67 Å². The predicted octanol–water partition coefficient (Wildman–Crippen LogP) is 3.48. The number of carbonyl (C=O) groups excluding carboxylic acids is 1. The number of anilines is 1. The van der Waals surface area contributed by atoms with Crippen LogP contribution < -0.4 is 10.1 Å². The molecule has 138 valence electrons. The Labute approximate surface area is 158 Å². The molecule has 27 heavy (non-hydrogen) atoms. The predicted molar refractivity (Wildman–Crippen MR) is 98.6 cm³/mol. The largest absolute Gasteiger partial charge is 0.492 e. The van der Waals surface area contributed by atoms with E-state index in [1.54, 1.807) is 18.2 Å². The summed E-state index contributed by atoms with van der Waals surface area (Å²) in [6.07, 6.45) is 2.60. The van der Waals surface area contributed by atoms with Crippen molar-refractivity contribution in [1.29, 1.82) is 0 Å². The second-order valence-corrected chi connectivity index (χ2v) is 5.76. The van der Waals surface area contributed by atoms with E-state index in [0.717, 1.165) is 0 Å². The van der Waals surface area contributed by atoms with Crippen LogP contribution in [0.2, 0.25) is 5.02 Å². The van der Waals surface area contributed by atoms with Gasteiger partial charge in [-0.1, -0.05) is 11.6 Å². The molecule has 0 spiro atoms. The second-order valence-electron chi connectivity index (χ2n) is 5.33. The highest BCUT2D eigenvalue weighted by molar-refractivity contribution is 6.31. The molecule has 0 unspecified atom stereocenters. The highest BCUT2D eigenvalue weighted by Gasteiger charge is 2.20. The Morgan fingerprint density at radius 1 is 1.33 bits per heavy atom. The molecule has 1 N–H and O–H groups in total. The molecule has 10 heteroatoms. The minimum Gasteiger partial charge on any atom is -0.492 e. The van der Waals surface area contributed by atoms with E-state index in [0.29, 0.717) is 23.1 Å². The Morgan fingerprint density at radius 3 is 2.81 bits per heavy atom. The molecule has 0 aliphatic heterocycles. The lowest BCUT2D eigenvalue weighted by Gasteiger charge is -2.12. The normalized spacial score (nSPS) is 10.4. The Hall–Kier alpha value is -3.46. The van der Waals surface area contributed by atoms with Crippen molar-refractivity contribution < 1.29 is 14.5 Å². The lowest BCUT2D eigenvalue weighted by Crippen LogP contribution is -2.14. The zero-order chi connectivity index (χ0) is 19.4. The van der Waals surface area contributed by atoms with Crippen LogP contribution in [0, 0.1) is 10.1 Å². The maximum absolute atomic E-state index is 12.6. The number of hydrogen-bond acceptors (Lipinski definition) is 6. The van der Waals surface area contributed by atoms with Gasteiger partial charge in [-0.05, 0) is 37.3 Å². The van der Waals surface area contributed by atoms with Crippen LogP contribution in [0.1, 0.15) is 17.3 Å². The van der Waals surface area contributed by atoms with Gasteiger partial charge in [0, 0.05) is 16.7 Å². The van der Waals surface area contributed by atoms with E-state index in [1.807, 2.05) is 6.92 Å². The Balaban J connectivity index is 1.93. The third kappa shape index (κ3) is 4.04. The van der Waals surface area contributed by atoms with E-state index >= 15 is 0 Å². The fourth-order valence-electron chi connectivity index (χ4n) is 2.41. The van der Waals surface area contributed by atoms with Crippen molar-refractivity contribution in [3.05, 3.63) is 69.8 Å². The Kier molecular flexibility index (Phi) is 5.32. The van der Waals surface area contributed by atoms with Crippen LogP contribution in [-0.4, -0.2) is 32.2 Å². The minimum atomic E-state index is -0.585. The Morgan fingerprint density at radius 2 is 2.15 bits per heavy atom. The van der Waals surface area contributed by atoms with Crippen molar-refractivity contribution in [2.75, 3.05) is 11.9 Å². The van der Waals surface area contributed by atoms with Gasteiger partial charge in [0.2, 0.25) is 0 Å². The summed E-state index contributed by atoms with van der Waals surface area (Å²) in [5, 5.41) is 18.4. The summed E-state index contributed by atoms with van der Waals surface area (Å²) in [4.78, 5) is 27.2. The second kappa shape index (κ2) is 7.83. The average molecular weight is 388 g/mol. The van der Waals surface area contributed by atoms with Gasteiger partial charge in [0.1, 0.15) is 24.1 Å². The summed E-state index contributed by atoms with van der Waals surface area (Å²) in [5.41, 5.74) is 0.404. The molecule has 0 bridgehead atoms. The molecule has 1 aromatic heterocycles. The SMILES string of the molecule is CCOc1ccc(Cl)cc1NC(=O)c1ccc(-n2cncn2)c([N+](=O)[O-])c1. The number of benzene rings is 2. The van der Waals surface area contributed by atoms with Gasteiger partial charge in [0.05, 0.1) is 17.2 Å². The van der Waals surface area contributed by atoms with Crippen molar-refractivity contribution in [2.24, 2.45) is 0 Å². The average Bonchev–Trinajstić information content (AvgIpc) is 3.18. The highest BCUT2D eigenvalue weighted by atomic mass is 35.5. The summed E-state index contributed by atoms with van der Waals surface area (Å²) >= 11 is 5.98. The fraction of sp³-hybridized carbons (Fsp3) is 0.118. The van der Waals surface area contributed by atoms with Gasteiger partial charge in [-0.2, -0.15) is 5.10 Å². The first-order valence-corrected chi connectivity index (χ1v) is 8.24. The molecule has 0 atom stereocenters. The lowest BCUT2D eigenvalue weighted by molar-refractivity contribution is -0.384.